The van der Waals surface area contributed by atoms with Gasteiger partial charge in [0.2, 0.25) is 0 Å². The average Bonchev–Trinajstić information content (AvgIpc) is 2.82. The van der Waals surface area contributed by atoms with Crippen LogP contribution in [0.25, 0.3) is 6.08 Å². The lowest BCUT2D eigenvalue weighted by Crippen LogP contribution is -2.28. The van der Waals surface area contributed by atoms with Crippen LogP contribution in [0.15, 0.2) is 46.8 Å². The van der Waals surface area contributed by atoms with Crippen molar-refractivity contribution < 1.29 is 9.53 Å². The first-order valence-corrected chi connectivity index (χ1v) is 8.10. The summed E-state index contributed by atoms with van der Waals surface area (Å²) in [5.41, 5.74) is 0.968. The molecule has 1 heterocycles. The molecule has 5 heteroatoms. The van der Waals surface area contributed by atoms with Crippen molar-refractivity contribution >= 4 is 28.9 Å². The maximum Gasteiger partial charge on any atom is 0.266 e. The number of rotatable bonds is 6. The molecule has 0 saturated carbocycles. The van der Waals surface area contributed by atoms with Crippen LogP contribution in [-0.4, -0.2) is 35.7 Å². The van der Waals surface area contributed by atoms with Crippen LogP contribution < -0.4 is 4.74 Å². The standard InChI is InChI=1S/C17H20N2O2S/c1-4-11-21-14-9-7-13(8-10-14)12-15-16(20)19(6-3)17(22-15)18-5-2/h4,7-10,12H,1,5-6,11H2,2-3H3. The van der Waals surface area contributed by atoms with Crippen LogP contribution in [0.1, 0.15) is 19.4 Å². The Morgan fingerprint density at radius 3 is 2.64 bits per heavy atom. The monoisotopic (exact) mass is 316 g/mol. The summed E-state index contributed by atoms with van der Waals surface area (Å²) in [5.74, 6) is 0.808. The zero-order valence-corrected chi connectivity index (χ0v) is 13.7. The molecule has 1 amide bonds. The first-order chi connectivity index (χ1) is 10.7. The van der Waals surface area contributed by atoms with Crippen LogP contribution in [0.4, 0.5) is 0 Å². The first-order valence-electron chi connectivity index (χ1n) is 7.29. The number of amides is 1. The first kappa shape index (κ1) is 16.4. The number of thioether (sulfide) groups is 1. The number of carbonyl (C=O) groups is 1. The van der Waals surface area contributed by atoms with E-state index in [0.717, 1.165) is 16.5 Å². The highest BCUT2D eigenvalue weighted by molar-refractivity contribution is 8.18. The molecule has 22 heavy (non-hydrogen) atoms. The molecule has 0 atom stereocenters. The number of ether oxygens (including phenoxy) is 1. The topological polar surface area (TPSA) is 41.9 Å². The Morgan fingerprint density at radius 1 is 1.32 bits per heavy atom. The maximum absolute atomic E-state index is 12.4. The van der Waals surface area contributed by atoms with Gasteiger partial charge in [-0.25, -0.2) is 0 Å². The third-order valence-electron chi connectivity index (χ3n) is 3.04. The van der Waals surface area contributed by atoms with Crippen LogP contribution in [0.2, 0.25) is 0 Å². The molecule has 0 bridgehead atoms. The zero-order chi connectivity index (χ0) is 15.9. The van der Waals surface area contributed by atoms with E-state index in [1.165, 1.54) is 11.8 Å². The second-order valence-corrected chi connectivity index (χ2v) is 5.59. The van der Waals surface area contributed by atoms with Crippen molar-refractivity contribution in [2.75, 3.05) is 19.7 Å². The predicted octanol–water partition coefficient (Wildman–Crippen LogP) is 3.56. The molecule has 1 aromatic rings. The second kappa shape index (κ2) is 7.84. The smallest absolute Gasteiger partial charge is 0.266 e. The molecular weight excluding hydrogens is 296 g/mol. The van der Waals surface area contributed by atoms with Gasteiger partial charge in [0.25, 0.3) is 5.91 Å². The van der Waals surface area contributed by atoms with E-state index < -0.39 is 0 Å². The zero-order valence-electron chi connectivity index (χ0n) is 12.9. The maximum atomic E-state index is 12.4. The fourth-order valence-electron chi connectivity index (χ4n) is 2.01. The number of nitrogens with zero attached hydrogens (tertiary/aromatic N) is 2. The van der Waals surface area contributed by atoms with E-state index in [2.05, 4.69) is 11.6 Å². The number of carbonyl (C=O) groups excluding carboxylic acids is 1. The van der Waals surface area contributed by atoms with Gasteiger partial charge in [0.1, 0.15) is 12.4 Å². The van der Waals surface area contributed by atoms with Crippen molar-refractivity contribution in [1.29, 1.82) is 0 Å². The summed E-state index contributed by atoms with van der Waals surface area (Å²) >= 11 is 1.43. The highest BCUT2D eigenvalue weighted by atomic mass is 32.2. The summed E-state index contributed by atoms with van der Waals surface area (Å²) in [4.78, 5) is 19.1. The molecule has 0 radical (unpaired) electrons. The Kier molecular flexibility index (Phi) is 5.83. The van der Waals surface area contributed by atoms with Gasteiger partial charge in [-0.05, 0) is 49.4 Å². The molecule has 1 aromatic carbocycles. The third kappa shape index (κ3) is 3.80. The van der Waals surface area contributed by atoms with Gasteiger partial charge in [0.05, 0.1) is 4.91 Å². The average molecular weight is 316 g/mol. The highest BCUT2D eigenvalue weighted by Crippen LogP contribution is 2.32. The summed E-state index contributed by atoms with van der Waals surface area (Å²) < 4.78 is 5.45. The molecule has 116 valence electrons. The van der Waals surface area contributed by atoms with Gasteiger partial charge in [-0.15, -0.1) is 0 Å². The predicted molar refractivity (Wildman–Crippen MR) is 93.1 cm³/mol. The summed E-state index contributed by atoms with van der Waals surface area (Å²) in [5, 5.41) is 0.784. The number of hydrogen-bond acceptors (Lipinski definition) is 4. The quantitative estimate of drug-likeness (QED) is 0.595. The molecule has 1 aliphatic heterocycles. The minimum absolute atomic E-state index is 0.0201. The van der Waals surface area contributed by atoms with Crippen LogP contribution in [0.3, 0.4) is 0 Å². The Bertz CT molecular complexity index is 606. The summed E-state index contributed by atoms with van der Waals surface area (Å²) in [6.45, 7) is 9.34. The van der Waals surface area contributed by atoms with E-state index in [-0.39, 0.29) is 5.91 Å². The normalized spacial score (nSPS) is 18.3. The van der Waals surface area contributed by atoms with Crippen LogP contribution in [0.5, 0.6) is 5.75 Å². The lowest BCUT2D eigenvalue weighted by molar-refractivity contribution is -0.122. The number of aliphatic imine (C=N–C) groups is 1. The molecular formula is C17H20N2O2S. The minimum Gasteiger partial charge on any atom is -0.490 e. The van der Waals surface area contributed by atoms with Crippen molar-refractivity contribution in [3.05, 3.63) is 47.4 Å². The third-order valence-corrected chi connectivity index (χ3v) is 4.09. The van der Waals surface area contributed by atoms with Gasteiger partial charge in [0.15, 0.2) is 5.17 Å². The fraction of sp³-hybridized carbons (Fsp3) is 0.294. The largest absolute Gasteiger partial charge is 0.490 e. The molecule has 0 spiro atoms. The van der Waals surface area contributed by atoms with Crippen molar-refractivity contribution in [2.24, 2.45) is 4.99 Å². The lowest BCUT2D eigenvalue weighted by atomic mass is 10.2. The van der Waals surface area contributed by atoms with Crippen molar-refractivity contribution in [3.8, 4) is 5.75 Å². The highest BCUT2D eigenvalue weighted by Gasteiger charge is 2.31. The van der Waals surface area contributed by atoms with E-state index in [1.54, 1.807) is 11.0 Å². The Hall–Kier alpha value is -2.01. The molecule has 0 N–H and O–H groups in total. The summed E-state index contributed by atoms with van der Waals surface area (Å²) in [6, 6.07) is 7.65. The van der Waals surface area contributed by atoms with E-state index in [0.29, 0.717) is 24.6 Å². The second-order valence-electron chi connectivity index (χ2n) is 4.59. The van der Waals surface area contributed by atoms with Gasteiger partial charge in [-0.1, -0.05) is 24.8 Å². The van der Waals surface area contributed by atoms with Crippen LogP contribution in [0, 0.1) is 0 Å². The van der Waals surface area contributed by atoms with E-state index in [1.807, 2.05) is 44.2 Å². The molecule has 2 rings (SSSR count). The van der Waals surface area contributed by atoms with Gasteiger partial charge >= 0.3 is 0 Å². The van der Waals surface area contributed by atoms with Gasteiger partial charge in [-0.2, -0.15) is 0 Å². The summed E-state index contributed by atoms with van der Waals surface area (Å²) in [7, 11) is 0. The Balaban J connectivity index is 2.17. The van der Waals surface area contributed by atoms with Crippen LogP contribution in [-0.2, 0) is 4.79 Å². The molecule has 0 aromatic heterocycles. The molecule has 0 aliphatic carbocycles. The fourth-order valence-corrected chi connectivity index (χ4v) is 3.11. The van der Waals surface area contributed by atoms with E-state index >= 15 is 0 Å². The molecule has 1 fully saturated rings. The van der Waals surface area contributed by atoms with Gasteiger partial charge in [-0.3, -0.25) is 14.7 Å². The molecule has 0 unspecified atom stereocenters. The van der Waals surface area contributed by atoms with Gasteiger partial charge < -0.3 is 4.74 Å². The number of likely N-dealkylation sites (N-methyl/N-ethyl adjacent to an activating group) is 1. The van der Waals surface area contributed by atoms with Crippen molar-refractivity contribution in [3.63, 3.8) is 0 Å². The Morgan fingerprint density at radius 2 is 2.05 bits per heavy atom. The van der Waals surface area contributed by atoms with E-state index in [9.17, 15) is 4.79 Å². The number of amidine groups is 1. The lowest BCUT2D eigenvalue weighted by Gasteiger charge is -2.11. The minimum atomic E-state index is 0.0201. The van der Waals surface area contributed by atoms with E-state index in [4.69, 9.17) is 4.74 Å². The number of benzene rings is 1. The SMILES string of the molecule is C=CCOc1ccc(C=C2SC(=NCC)N(CC)C2=O)cc1. The van der Waals surface area contributed by atoms with Crippen molar-refractivity contribution in [2.45, 2.75) is 13.8 Å². The van der Waals surface area contributed by atoms with Gasteiger partial charge in [0, 0.05) is 13.1 Å². The Labute approximate surface area is 135 Å². The molecule has 4 nitrogen and oxygen atoms in total. The van der Waals surface area contributed by atoms with Crippen LogP contribution >= 0.6 is 11.8 Å². The summed E-state index contributed by atoms with van der Waals surface area (Å²) in [6.07, 6.45) is 3.60. The van der Waals surface area contributed by atoms with Crippen molar-refractivity contribution in [1.82, 2.24) is 4.90 Å². The molecule has 1 aliphatic rings. The number of hydrogen-bond donors (Lipinski definition) is 0. The molecule has 1 saturated heterocycles.